The van der Waals surface area contributed by atoms with Crippen molar-refractivity contribution in [3.05, 3.63) is 60.9 Å². The quantitative estimate of drug-likeness (QED) is 0.668. The van der Waals surface area contributed by atoms with E-state index in [1.165, 1.54) is 36.5 Å². The van der Waals surface area contributed by atoms with E-state index >= 15 is 0 Å². The van der Waals surface area contributed by atoms with Crippen molar-refractivity contribution >= 4 is 42.4 Å². The number of amides is 1. The smallest absolute Gasteiger partial charge is 0.264 e. The van der Waals surface area contributed by atoms with E-state index in [-0.39, 0.29) is 15.5 Å². The van der Waals surface area contributed by atoms with Gasteiger partial charge < -0.3 is 0 Å². The van der Waals surface area contributed by atoms with Gasteiger partial charge in [0.25, 0.3) is 20.0 Å². The van der Waals surface area contributed by atoms with E-state index in [9.17, 15) is 21.6 Å². The van der Waals surface area contributed by atoms with Gasteiger partial charge in [-0.05, 0) is 36.4 Å². The molecule has 0 atom stereocenters. The molecule has 0 radical (unpaired) electrons. The van der Waals surface area contributed by atoms with Crippen molar-refractivity contribution in [2.45, 2.75) is 16.7 Å². The Bertz CT molecular complexity index is 1220. The minimum atomic E-state index is -3.98. The number of hydrogen-bond donors (Lipinski definition) is 2. The van der Waals surface area contributed by atoms with Gasteiger partial charge in [0.1, 0.15) is 0 Å². The van der Waals surface area contributed by atoms with Gasteiger partial charge >= 0.3 is 0 Å². The molecule has 1 heterocycles. The standard InChI is InChI=1S/C17H15N3O5S2/c1-12(21)19-26(22,23)15-7-5-14(6-8-15)20-27(24,25)17-4-2-3-13-11-18-10-9-16(13)17/h2-11,20H,1H3,(H,19,21). The fraction of sp³-hybridized carbons (Fsp3) is 0.0588. The molecule has 1 amide bonds. The Labute approximate surface area is 156 Å². The molecule has 0 aliphatic heterocycles. The molecular weight excluding hydrogens is 390 g/mol. The highest BCUT2D eigenvalue weighted by atomic mass is 32.2. The molecule has 1 aromatic heterocycles. The molecule has 3 aromatic rings. The normalized spacial score (nSPS) is 11.9. The van der Waals surface area contributed by atoms with Crippen molar-refractivity contribution < 1.29 is 21.6 Å². The average Bonchev–Trinajstić information content (AvgIpc) is 2.60. The lowest BCUT2D eigenvalue weighted by Crippen LogP contribution is -2.28. The van der Waals surface area contributed by atoms with Gasteiger partial charge in [0, 0.05) is 35.8 Å². The first-order valence-corrected chi connectivity index (χ1v) is 10.6. The number of hydrogen-bond acceptors (Lipinski definition) is 6. The van der Waals surface area contributed by atoms with Crippen LogP contribution in [0.4, 0.5) is 5.69 Å². The van der Waals surface area contributed by atoms with Gasteiger partial charge in [0.05, 0.1) is 9.79 Å². The lowest BCUT2D eigenvalue weighted by molar-refractivity contribution is -0.117. The molecule has 2 N–H and O–H groups in total. The zero-order valence-corrected chi connectivity index (χ0v) is 15.7. The van der Waals surface area contributed by atoms with E-state index in [1.807, 2.05) is 4.72 Å². The summed E-state index contributed by atoms with van der Waals surface area (Å²) >= 11 is 0. The second-order valence-corrected chi connectivity index (χ2v) is 8.98. The van der Waals surface area contributed by atoms with Gasteiger partial charge in [-0.2, -0.15) is 0 Å². The van der Waals surface area contributed by atoms with Crippen molar-refractivity contribution in [3.8, 4) is 0 Å². The zero-order chi connectivity index (χ0) is 19.7. The Morgan fingerprint density at radius 1 is 0.926 bits per heavy atom. The number of nitrogens with one attached hydrogen (secondary N) is 2. The third-order valence-corrected chi connectivity index (χ3v) is 6.51. The Balaban J connectivity index is 1.91. The van der Waals surface area contributed by atoms with Crippen LogP contribution in [0.25, 0.3) is 10.8 Å². The van der Waals surface area contributed by atoms with Gasteiger partial charge in [-0.3, -0.25) is 14.5 Å². The van der Waals surface area contributed by atoms with Crippen LogP contribution in [-0.2, 0) is 24.8 Å². The summed E-state index contributed by atoms with van der Waals surface area (Å²) in [5.41, 5.74) is 0.183. The van der Waals surface area contributed by atoms with Crippen LogP contribution in [0.3, 0.4) is 0 Å². The molecule has 2 aromatic carbocycles. The number of benzene rings is 2. The maximum absolute atomic E-state index is 12.7. The summed E-state index contributed by atoms with van der Waals surface area (Å²) in [6, 6.07) is 11.5. The van der Waals surface area contributed by atoms with Gasteiger partial charge in [-0.1, -0.05) is 12.1 Å². The minimum absolute atomic E-state index is 0.0809. The van der Waals surface area contributed by atoms with Crippen LogP contribution in [0.2, 0.25) is 0 Å². The van der Waals surface area contributed by atoms with Crippen LogP contribution in [0.5, 0.6) is 0 Å². The molecule has 0 saturated carbocycles. The summed E-state index contributed by atoms with van der Waals surface area (Å²) in [6.45, 7) is 1.08. The molecule has 140 valence electrons. The summed E-state index contributed by atoms with van der Waals surface area (Å²) in [6.07, 6.45) is 3.07. The highest BCUT2D eigenvalue weighted by molar-refractivity contribution is 7.93. The predicted molar refractivity (Wildman–Crippen MR) is 100.0 cm³/mol. The summed E-state index contributed by atoms with van der Waals surface area (Å²) in [5, 5.41) is 1.20. The number of fused-ring (bicyclic) bond motifs is 1. The molecule has 0 unspecified atom stereocenters. The van der Waals surface area contributed by atoms with E-state index in [2.05, 4.69) is 9.71 Å². The Morgan fingerprint density at radius 3 is 2.30 bits per heavy atom. The number of nitrogens with zero attached hydrogens (tertiary/aromatic N) is 1. The molecular formula is C17H15N3O5S2. The first-order valence-electron chi connectivity index (χ1n) is 7.68. The van der Waals surface area contributed by atoms with E-state index < -0.39 is 26.0 Å². The average molecular weight is 405 g/mol. The Kier molecular flexibility index (Phi) is 4.85. The lowest BCUT2D eigenvalue weighted by Gasteiger charge is -2.11. The summed E-state index contributed by atoms with van der Waals surface area (Å²) < 4.78 is 53.6. The number of aromatic nitrogens is 1. The van der Waals surface area contributed by atoms with E-state index in [0.717, 1.165) is 6.92 Å². The third kappa shape index (κ3) is 4.07. The maximum atomic E-state index is 12.7. The van der Waals surface area contributed by atoms with Crippen molar-refractivity contribution in [1.82, 2.24) is 9.71 Å². The number of carbonyl (C=O) groups excluding carboxylic acids is 1. The largest absolute Gasteiger partial charge is 0.280 e. The number of rotatable bonds is 5. The van der Waals surface area contributed by atoms with E-state index in [0.29, 0.717) is 10.8 Å². The first-order chi connectivity index (χ1) is 12.7. The van der Waals surface area contributed by atoms with Crippen LogP contribution in [0.15, 0.2) is 70.7 Å². The summed E-state index contributed by atoms with van der Waals surface area (Å²) in [7, 11) is -7.89. The van der Waals surface area contributed by atoms with Crippen LogP contribution in [-0.4, -0.2) is 27.7 Å². The number of sulfonamides is 2. The Hall–Kier alpha value is -2.98. The first kappa shape index (κ1) is 18.8. The van der Waals surface area contributed by atoms with Crippen LogP contribution < -0.4 is 9.44 Å². The topological polar surface area (TPSA) is 122 Å². The molecule has 10 heteroatoms. The van der Waals surface area contributed by atoms with Crippen molar-refractivity contribution in [1.29, 1.82) is 0 Å². The number of pyridine rings is 1. The summed E-state index contributed by atoms with van der Waals surface area (Å²) in [5.74, 6) is -0.717. The SMILES string of the molecule is CC(=O)NS(=O)(=O)c1ccc(NS(=O)(=O)c2cccc3cnccc23)cc1. The van der Waals surface area contributed by atoms with Gasteiger partial charge in [0.2, 0.25) is 5.91 Å². The molecule has 0 bridgehead atoms. The predicted octanol–water partition coefficient (Wildman–Crippen LogP) is 1.86. The molecule has 0 saturated heterocycles. The molecule has 0 spiro atoms. The zero-order valence-electron chi connectivity index (χ0n) is 14.1. The fourth-order valence-corrected chi connectivity index (χ4v) is 4.77. The van der Waals surface area contributed by atoms with Crippen LogP contribution in [0, 0.1) is 0 Å². The van der Waals surface area contributed by atoms with Gasteiger partial charge in [0.15, 0.2) is 0 Å². The maximum Gasteiger partial charge on any atom is 0.264 e. The monoisotopic (exact) mass is 405 g/mol. The van der Waals surface area contributed by atoms with Crippen molar-refractivity contribution in [2.24, 2.45) is 0 Å². The number of carbonyl (C=O) groups is 1. The fourth-order valence-electron chi connectivity index (χ4n) is 2.49. The Morgan fingerprint density at radius 2 is 1.63 bits per heavy atom. The highest BCUT2D eigenvalue weighted by Gasteiger charge is 2.19. The molecule has 0 fully saturated rings. The number of anilines is 1. The molecule has 0 aliphatic rings. The molecule has 8 nitrogen and oxygen atoms in total. The van der Waals surface area contributed by atoms with Crippen LogP contribution >= 0.6 is 0 Å². The second kappa shape index (κ2) is 6.97. The highest BCUT2D eigenvalue weighted by Crippen LogP contribution is 2.24. The second-order valence-electron chi connectivity index (χ2n) is 5.64. The van der Waals surface area contributed by atoms with E-state index in [1.54, 1.807) is 24.4 Å². The lowest BCUT2D eigenvalue weighted by atomic mass is 10.2. The summed E-state index contributed by atoms with van der Waals surface area (Å²) in [4.78, 5) is 14.9. The third-order valence-electron chi connectivity index (χ3n) is 3.63. The molecule has 27 heavy (non-hydrogen) atoms. The van der Waals surface area contributed by atoms with Gasteiger partial charge in [-0.25, -0.2) is 21.6 Å². The molecule has 0 aliphatic carbocycles. The molecule has 3 rings (SSSR count). The van der Waals surface area contributed by atoms with Crippen LogP contribution in [0.1, 0.15) is 6.92 Å². The van der Waals surface area contributed by atoms with E-state index in [4.69, 9.17) is 0 Å². The van der Waals surface area contributed by atoms with Gasteiger partial charge in [-0.15, -0.1) is 0 Å². The van der Waals surface area contributed by atoms with Crippen molar-refractivity contribution in [3.63, 3.8) is 0 Å². The minimum Gasteiger partial charge on any atom is -0.280 e. The van der Waals surface area contributed by atoms with Crippen molar-refractivity contribution in [2.75, 3.05) is 4.72 Å².